The first-order valence-electron chi connectivity index (χ1n) is 3.69. The number of aliphatic hydroxyl groups excluding tert-OH is 1. The molecule has 0 aromatic heterocycles. The van der Waals surface area contributed by atoms with Crippen LogP contribution in [-0.2, 0) is 0 Å². The third kappa shape index (κ3) is 2.47. The number of halogens is 2. The molecule has 2 atom stereocenters. The molecule has 0 aliphatic rings. The van der Waals surface area contributed by atoms with E-state index in [1.807, 2.05) is 24.3 Å². The van der Waals surface area contributed by atoms with Crippen molar-refractivity contribution in [3.8, 4) is 0 Å². The van der Waals surface area contributed by atoms with Crippen molar-refractivity contribution in [1.82, 2.24) is 0 Å². The van der Waals surface area contributed by atoms with E-state index in [4.69, 9.17) is 11.6 Å². The maximum absolute atomic E-state index is 9.22. The number of alkyl halides is 1. The summed E-state index contributed by atoms with van der Waals surface area (Å²) in [5.74, 6) is 0. The van der Waals surface area contributed by atoms with Gasteiger partial charge in [0.25, 0.3) is 0 Å². The molecule has 0 aliphatic heterocycles. The molecule has 3 heteroatoms. The van der Waals surface area contributed by atoms with Gasteiger partial charge in [0.1, 0.15) is 0 Å². The van der Waals surface area contributed by atoms with Gasteiger partial charge in [-0.15, -0.1) is 11.6 Å². The average molecular weight is 250 g/mol. The molecule has 66 valence electrons. The Balaban J connectivity index is 2.88. The van der Waals surface area contributed by atoms with Gasteiger partial charge in [0.15, 0.2) is 0 Å². The topological polar surface area (TPSA) is 20.2 Å². The van der Waals surface area contributed by atoms with Crippen LogP contribution in [0.1, 0.15) is 17.9 Å². The van der Waals surface area contributed by atoms with Crippen molar-refractivity contribution >= 4 is 27.5 Å². The highest BCUT2D eigenvalue weighted by Crippen LogP contribution is 2.26. The lowest BCUT2D eigenvalue weighted by atomic mass is 10.1. The molecule has 0 amide bonds. The second-order valence-corrected chi connectivity index (χ2v) is 4.08. The zero-order chi connectivity index (χ0) is 9.14. The summed E-state index contributed by atoms with van der Waals surface area (Å²) < 4.78 is 0.978. The minimum atomic E-state index is -0.527. The highest BCUT2D eigenvalue weighted by Gasteiger charge is 2.13. The van der Waals surface area contributed by atoms with Gasteiger partial charge in [0.2, 0.25) is 0 Å². The highest BCUT2D eigenvalue weighted by atomic mass is 79.9. The van der Waals surface area contributed by atoms with Crippen molar-refractivity contribution in [2.24, 2.45) is 0 Å². The molecule has 1 aromatic rings. The van der Waals surface area contributed by atoms with Gasteiger partial charge in [0, 0.05) is 4.47 Å². The minimum absolute atomic E-state index is 0.331. The summed E-state index contributed by atoms with van der Waals surface area (Å²) in [6.45, 7) is 1.68. The smallest absolute Gasteiger partial charge is 0.0842 e. The van der Waals surface area contributed by atoms with Crippen LogP contribution < -0.4 is 0 Å². The number of hydrogen-bond acceptors (Lipinski definition) is 1. The third-order valence-corrected chi connectivity index (χ3v) is 2.70. The standard InChI is InChI=1S/C9H10BrClO/c1-6(12)9(11)7-3-2-4-8(10)5-7/h2-6,9,12H,1H3. The van der Waals surface area contributed by atoms with E-state index >= 15 is 0 Å². The second-order valence-electron chi connectivity index (χ2n) is 2.70. The summed E-state index contributed by atoms with van der Waals surface area (Å²) in [4.78, 5) is 0. The Kier molecular flexibility index (Phi) is 3.56. The Bertz CT molecular complexity index is 262. The molecule has 0 heterocycles. The molecule has 12 heavy (non-hydrogen) atoms. The molecule has 0 spiro atoms. The molecule has 1 rings (SSSR count). The van der Waals surface area contributed by atoms with E-state index in [2.05, 4.69) is 15.9 Å². The van der Waals surface area contributed by atoms with Crippen molar-refractivity contribution in [2.75, 3.05) is 0 Å². The fraction of sp³-hybridized carbons (Fsp3) is 0.333. The molecular formula is C9H10BrClO. The third-order valence-electron chi connectivity index (χ3n) is 1.59. The first-order valence-corrected chi connectivity index (χ1v) is 4.92. The predicted octanol–water partition coefficient (Wildman–Crippen LogP) is 3.11. The number of hydrogen-bond donors (Lipinski definition) is 1. The zero-order valence-corrected chi connectivity index (χ0v) is 9.01. The Morgan fingerprint density at radius 2 is 2.17 bits per heavy atom. The molecule has 1 aromatic carbocycles. The van der Waals surface area contributed by atoms with E-state index in [0.717, 1.165) is 10.0 Å². The molecule has 1 nitrogen and oxygen atoms in total. The maximum Gasteiger partial charge on any atom is 0.0842 e. The fourth-order valence-corrected chi connectivity index (χ4v) is 1.51. The quantitative estimate of drug-likeness (QED) is 0.799. The van der Waals surface area contributed by atoms with Crippen LogP contribution in [-0.4, -0.2) is 11.2 Å². The summed E-state index contributed by atoms with van der Waals surface area (Å²) in [5, 5.41) is 8.89. The van der Waals surface area contributed by atoms with Crippen molar-refractivity contribution in [1.29, 1.82) is 0 Å². The molecular weight excluding hydrogens is 239 g/mol. The van der Waals surface area contributed by atoms with Crippen LogP contribution in [0.3, 0.4) is 0 Å². The van der Waals surface area contributed by atoms with E-state index in [-0.39, 0.29) is 5.38 Å². The number of aliphatic hydroxyl groups is 1. The van der Waals surface area contributed by atoms with Crippen LogP contribution >= 0.6 is 27.5 Å². The predicted molar refractivity (Wildman–Crippen MR) is 54.4 cm³/mol. The van der Waals surface area contributed by atoms with Crippen LogP contribution in [0.5, 0.6) is 0 Å². The summed E-state index contributed by atoms with van der Waals surface area (Å²) in [6.07, 6.45) is -0.527. The Labute approximate surface area is 85.5 Å². The van der Waals surface area contributed by atoms with Crippen molar-refractivity contribution in [2.45, 2.75) is 18.4 Å². The van der Waals surface area contributed by atoms with Gasteiger partial charge in [-0.25, -0.2) is 0 Å². The number of rotatable bonds is 2. The first kappa shape index (κ1) is 10.0. The Hall–Kier alpha value is -0.0500. The second kappa shape index (κ2) is 4.26. The van der Waals surface area contributed by atoms with Gasteiger partial charge in [-0.2, -0.15) is 0 Å². The van der Waals surface area contributed by atoms with Gasteiger partial charge in [-0.1, -0.05) is 28.1 Å². The lowest BCUT2D eigenvalue weighted by molar-refractivity contribution is 0.190. The molecule has 0 radical (unpaired) electrons. The van der Waals surface area contributed by atoms with Gasteiger partial charge < -0.3 is 5.11 Å². The largest absolute Gasteiger partial charge is 0.392 e. The molecule has 0 fully saturated rings. The normalized spacial score (nSPS) is 15.7. The summed E-state index contributed by atoms with van der Waals surface area (Å²) in [7, 11) is 0. The zero-order valence-electron chi connectivity index (χ0n) is 6.67. The Morgan fingerprint density at radius 1 is 1.50 bits per heavy atom. The fourth-order valence-electron chi connectivity index (χ4n) is 0.957. The Morgan fingerprint density at radius 3 is 2.67 bits per heavy atom. The van der Waals surface area contributed by atoms with Crippen LogP contribution in [0.2, 0.25) is 0 Å². The van der Waals surface area contributed by atoms with Crippen molar-refractivity contribution < 1.29 is 5.11 Å². The van der Waals surface area contributed by atoms with Crippen LogP contribution in [0.15, 0.2) is 28.7 Å². The first-order chi connectivity index (χ1) is 5.61. The number of benzene rings is 1. The monoisotopic (exact) mass is 248 g/mol. The van der Waals surface area contributed by atoms with E-state index in [1.54, 1.807) is 6.92 Å². The van der Waals surface area contributed by atoms with Gasteiger partial charge >= 0.3 is 0 Å². The highest BCUT2D eigenvalue weighted by molar-refractivity contribution is 9.10. The summed E-state index contributed by atoms with van der Waals surface area (Å²) in [6, 6.07) is 7.63. The van der Waals surface area contributed by atoms with Gasteiger partial charge in [-0.05, 0) is 24.6 Å². The SMILES string of the molecule is CC(O)C(Cl)c1cccc(Br)c1. The van der Waals surface area contributed by atoms with Gasteiger partial charge in [0.05, 0.1) is 11.5 Å². The summed E-state index contributed by atoms with van der Waals surface area (Å²) >= 11 is 9.28. The van der Waals surface area contributed by atoms with Crippen LogP contribution in [0, 0.1) is 0 Å². The molecule has 0 bridgehead atoms. The van der Waals surface area contributed by atoms with Gasteiger partial charge in [-0.3, -0.25) is 0 Å². The van der Waals surface area contributed by atoms with E-state index in [9.17, 15) is 5.11 Å². The molecule has 1 N–H and O–H groups in total. The molecule has 0 saturated heterocycles. The molecule has 2 unspecified atom stereocenters. The van der Waals surface area contributed by atoms with Crippen molar-refractivity contribution in [3.05, 3.63) is 34.3 Å². The maximum atomic E-state index is 9.22. The minimum Gasteiger partial charge on any atom is -0.392 e. The summed E-state index contributed by atoms with van der Waals surface area (Å²) in [5.41, 5.74) is 0.932. The lowest BCUT2D eigenvalue weighted by Crippen LogP contribution is -2.08. The van der Waals surface area contributed by atoms with Crippen LogP contribution in [0.25, 0.3) is 0 Å². The van der Waals surface area contributed by atoms with Crippen LogP contribution in [0.4, 0.5) is 0 Å². The van der Waals surface area contributed by atoms with E-state index < -0.39 is 6.10 Å². The van der Waals surface area contributed by atoms with E-state index in [0.29, 0.717) is 0 Å². The molecule has 0 saturated carbocycles. The van der Waals surface area contributed by atoms with E-state index in [1.165, 1.54) is 0 Å². The van der Waals surface area contributed by atoms with Crippen molar-refractivity contribution in [3.63, 3.8) is 0 Å². The molecule has 0 aliphatic carbocycles. The lowest BCUT2D eigenvalue weighted by Gasteiger charge is -2.12. The average Bonchev–Trinajstić information content (AvgIpc) is 2.03.